The molecule has 2 unspecified atom stereocenters. The van der Waals surface area contributed by atoms with E-state index in [1.54, 1.807) is 13.8 Å². The highest BCUT2D eigenvalue weighted by atomic mass is 16.6. The maximum atomic E-state index is 12.0. The molecule has 0 radical (unpaired) electrons. The smallest absolute Gasteiger partial charge is 0.342 e. The average molecular weight is 279 g/mol. The fraction of sp³-hybridized carbons (Fsp3) is 0.538. The lowest BCUT2D eigenvalue weighted by Gasteiger charge is -2.28. The van der Waals surface area contributed by atoms with Gasteiger partial charge < -0.3 is 9.47 Å². The number of carbonyl (C=O) groups is 2. The van der Waals surface area contributed by atoms with E-state index in [0.29, 0.717) is 0 Å². The van der Waals surface area contributed by atoms with E-state index in [1.165, 1.54) is 5.01 Å². The van der Waals surface area contributed by atoms with Crippen LogP contribution < -0.4 is 0 Å². The maximum absolute atomic E-state index is 12.0. The molecule has 0 bridgehead atoms. The van der Waals surface area contributed by atoms with Gasteiger partial charge in [0.15, 0.2) is 0 Å². The molecule has 1 aliphatic carbocycles. The van der Waals surface area contributed by atoms with E-state index in [9.17, 15) is 9.59 Å². The first-order chi connectivity index (χ1) is 9.69. The van der Waals surface area contributed by atoms with Crippen molar-refractivity contribution in [2.24, 2.45) is 10.3 Å². The van der Waals surface area contributed by atoms with Crippen molar-refractivity contribution < 1.29 is 19.1 Å². The van der Waals surface area contributed by atoms with Crippen molar-refractivity contribution in [2.75, 3.05) is 13.2 Å². The molecule has 0 spiro atoms. The van der Waals surface area contributed by atoms with Gasteiger partial charge in [-0.3, -0.25) is 0 Å². The highest BCUT2D eigenvalue weighted by Crippen LogP contribution is 2.26. The van der Waals surface area contributed by atoms with Crippen LogP contribution >= 0.6 is 0 Å². The molecule has 7 heteroatoms. The molecule has 0 saturated heterocycles. The van der Waals surface area contributed by atoms with E-state index in [4.69, 9.17) is 9.47 Å². The minimum Gasteiger partial charge on any atom is -0.464 e. The molecule has 0 aromatic carbocycles. The SMILES string of the molecule is CCOC(=O)C(C(=O)OCC)N1N=NC2C=CC=CC21. The zero-order chi connectivity index (χ0) is 14.5. The van der Waals surface area contributed by atoms with Crippen LogP contribution in [0.1, 0.15) is 13.8 Å². The van der Waals surface area contributed by atoms with E-state index in [2.05, 4.69) is 10.3 Å². The van der Waals surface area contributed by atoms with Crippen molar-refractivity contribution in [3.8, 4) is 0 Å². The lowest BCUT2D eigenvalue weighted by atomic mass is 10.0. The third kappa shape index (κ3) is 2.71. The fourth-order valence-electron chi connectivity index (χ4n) is 2.09. The predicted molar refractivity (Wildman–Crippen MR) is 69.6 cm³/mol. The Kier molecular flexibility index (Phi) is 4.49. The van der Waals surface area contributed by atoms with Crippen molar-refractivity contribution in [3.63, 3.8) is 0 Å². The van der Waals surface area contributed by atoms with Gasteiger partial charge in [0.25, 0.3) is 0 Å². The number of hydrogen-bond donors (Lipinski definition) is 0. The summed E-state index contributed by atoms with van der Waals surface area (Å²) in [4.78, 5) is 24.0. The number of carbonyl (C=O) groups excluding carboxylic acids is 2. The van der Waals surface area contributed by atoms with E-state index in [0.717, 1.165) is 0 Å². The Morgan fingerprint density at radius 1 is 1.15 bits per heavy atom. The maximum Gasteiger partial charge on any atom is 0.342 e. The Labute approximate surface area is 116 Å². The normalized spacial score (nSPS) is 23.1. The molecule has 0 amide bonds. The van der Waals surface area contributed by atoms with Gasteiger partial charge in [-0.2, -0.15) is 5.11 Å². The van der Waals surface area contributed by atoms with Crippen LogP contribution in [-0.2, 0) is 19.1 Å². The molecule has 0 aromatic heterocycles. The number of hydrogen-bond acceptors (Lipinski definition) is 7. The first kappa shape index (κ1) is 14.2. The molecule has 2 aliphatic rings. The average Bonchev–Trinajstić information content (AvgIpc) is 2.84. The minimum absolute atomic E-state index is 0.184. The minimum atomic E-state index is -1.22. The first-order valence-corrected chi connectivity index (χ1v) is 6.56. The van der Waals surface area contributed by atoms with Crippen LogP contribution in [0.2, 0.25) is 0 Å². The highest BCUT2D eigenvalue weighted by molar-refractivity contribution is 5.99. The molecule has 0 N–H and O–H groups in total. The monoisotopic (exact) mass is 279 g/mol. The highest BCUT2D eigenvalue weighted by Gasteiger charge is 2.43. The van der Waals surface area contributed by atoms with Crippen LogP contribution in [0.4, 0.5) is 0 Å². The van der Waals surface area contributed by atoms with Gasteiger partial charge in [-0.25, -0.2) is 14.6 Å². The molecule has 1 aliphatic heterocycles. The van der Waals surface area contributed by atoms with Crippen LogP contribution in [0.3, 0.4) is 0 Å². The summed E-state index contributed by atoms with van der Waals surface area (Å²) in [6.45, 7) is 3.72. The number of fused-ring (bicyclic) bond motifs is 1. The van der Waals surface area contributed by atoms with Gasteiger partial charge in [-0.1, -0.05) is 29.5 Å². The molecule has 1 heterocycles. The molecule has 2 rings (SSSR count). The number of ether oxygens (including phenoxy) is 2. The van der Waals surface area contributed by atoms with E-state index < -0.39 is 18.0 Å². The standard InChI is InChI=1S/C13H17N3O4/c1-3-19-12(17)11(13(18)20-4-2)16-10-8-6-5-7-9(10)14-15-16/h5-11H,3-4H2,1-2H3. The Morgan fingerprint density at radius 3 is 2.35 bits per heavy atom. The summed E-state index contributed by atoms with van der Waals surface area (Å²) in [5.74, 6) is -1.35. The van der Waals surface area contributed by atoms with E-state index in [-0.39, 0.29) is 25.3 Å². The molecule has 2 atom stereocenters. The van der Waals surface area contributed by atoms with Gasteiger partial charge in [0.1, 0.15) is 6.04 Å². The summed E-state index contributed by atoms with van der Waals surface area (Å²) in [6, 6.07) is -1.67. The lowest BCUT2D eigenvalue weighted by molar-refractivity contribution is -0.164. The van der Waals surface area contributed by atoms with Gasteiger partial charge in [-0.05, 0) is 13.8 Å². The van der Waals surface area contributed by atoms with Crippen LogP contribution in [0.5, 0.6) is 0 Å². The Hall–Kier alpha value is -2.18. The second-order valence-electron chi connectivity index (χ2n) is 4.24. The second kappa shape index (κ2) is 6.31. The quantitative estimate of drug-likeness (QED) is 0.554. The third-order valence-corrected chi connectivity index (χ3v) is 2.96. The largest absolute Gasteiger partial charge is 0.464 e. The summed E-state index contributed by atoms with van der Waals surface area (Å²) in [5.41, 5.74) is 0. The fourth-order valence-corrected chi connectivity index (χ4v) is 2.09. The molecular formula is C13H17N3O4. The number of nitrogens with zero attached hydrogens (tertiary/aromatic N) is 3. The van der Waals surface area contributed by atoms with Crippen molar-refractivity contribution in [3.05, 3.63) is 24.3 Å². The summed E-state index contributed by atoms with van der Waals surface area (Å²) < 4.78 is 9.88. The van der Waals surface area contributed by atoms with Gasteiger partial charge in [0.2, 0.25) is 6.04 Å². The predicted octanol–water partition coefficient (Wildman–Crippen LogP) is 1.03. The molecule has 7 nitrogen and oxygen atoms in total. The second-order valence-corrected chi connectivity index (χ2v) is 4.24. The van der Waals surface area contributed by atoms with Crippen LogP contribution in [0.25, 0.3) is 0 Å². The summed E-state index contributed by atoms with van der Waals surface area (Å²) >= 11 is 0. The number of rotatable bonds is 5. The van der Waals surface area contributed by atoms with Crippen LogP contribution in [-0.4, -0.2) is 48.3 Å². The Morgan fingerprint density at radius 2 is 1.75 bits per heavy atom. The van der Waals surface area contributed by atoms with Crippen LogP contribution in [0.15, 0.2) is 34.6 Å². The van der Waals surface area contributed by atoms with Crippen LogP contribution in [0, 0.1) is 0 Å². The summed E-state index contributed by atoms with van der Waals surface area (Å²) in [6.07, 6.45) is 7.39. The Bertz CT molecular complexity index is 454. The first-order valence-electron chi connectivity index (χ1n) is 6.56. The van der Waals surface area contributed by atoms with Gasteiger partial charge in [0, 0.05) is 0 Å². The molecule has 0 aromatic rings. The van der Waals surface area contributed by atoms with Gasteiger partial charge >= 0.3 is 11.9 Å². The lowest BCUT2D eigenvalue weighted by Crippen LogP contribution is -2.50. The van der Waals surface area contributed by atoms with Crippen molar-refractivity contribution in [2.45, 2.75) is 32.0 Å². The zero-order valence-electron chi connectivity index (χ0n) is 11.4. The molecule has 20 heavy (non-hydrogen) atoms. The summed E-state index contributed by atoms with van der Waals surface area (Å²) in [7, 11) is 0. The third-order valence-electron chi connectivity index (χ3n) is 2.96. The van der Waals surface area contributed by atoms with Gasteiger partial charge in [-0.15, -0.1) is 0 Å². The topological polar surface area (TPSA) is 80.6 Å². The Balaban J connectivity index is 2.20. The van der Waals surface area contributed by atoms with E-state index >= 15 is 0 Å². The zero-order valence-corrected chi connectivity index (χ0v) is 11.4. The van der Waals surface area contributed by atoms with Gasteiger partial charge in [0.05, 0.1) is 19.3 Å². The van der Waals surface area contributed by atoms with E-state index in [1.807, 2.05) is 24.3 Å². The number of esters is 2. The van der Waals surface area contributed by atoms with Crippen molar-refractivity contribution >= 4 is 11.9 Å². The number of allylic oxidation sites excluding steroid dienone is 2. The van der Waals surface area contributed by atoms with Crippen molar-refractivity contribution in [1.82, 2.24) is 5.01 Å². The molecule has 108 valence electrons. The van der Waals surface area contributed by atoms with Crippen molar-refractivity contribution in [1.29, 1.82) is 0 Å². The summed E-state index contributed by atoms with van der Waals surface area (Å²) in [5, 5.41) is 9.33. The molecular weight excluding hydrogens is 262 g/mol. The molecule has 0 saturated carbocycles. The molecule has 0 fully saturated rings.